The zero-order valence-electron chi connectivity index (χ0n) is 14.8. The molecule has 0 radical (unpaired) electrons. The van der Waals surface area contributed by atoms with Crippen molar-refractivity contribution in [3.8, 4) is 0 Å². The van der Waals surface area contributed by atoms with Gasteiger partial charge in [0.05, 0.1) is 10.9 Å². The summed E-state index contributed by atoms with van der Waals surface area (Å²) in [5, 5.41) is 4.26. The molecule has 0 spiro atoms. The van der Waals surface area contributed by atoms with Crippen molar-refractivity contribution >= 4 is 38.6 Å². The van der Waals surface area contributed by atoms with Crippen LogP contribution in [0.15, 0.2) is 27.5 Å². The third-order valence-electron chi connectivity index (χ3n) is 4.45. The van der Waals surface area contributed by atoms with Crippen molar-refractivity contribution in [3.63, 3.8) is 0 Å². The fourth-order valence-corrected chi connectivity index (χ4v) is 3.46. The highest BCUT2D eigenvalue weighted by Crippen LogP contribution is 2.31. The number of benzene rings is 1. The van der Waals surface area contributed by atoms with E-state index in [0.717, 1.165) is 0 Å². The number of anilines is 2. The molecule has 7 nitrogen and oxygen atoms in total. The van der Waals surface area contributed by atoms with Crippen molar-refractivity contribution in [2.24, 2.45) is 0 Å². The summed E-state index contributed by atoms with van der Waals surface area (Å²) in [7, 11) is 0. The topological polar surface area (TPSA) is 71.2 Å². The molecule has 1 aliphatic rings. The van der Waals surface area contributed by atoms with Crippen LogP contribution < -0.4 is 9.80 Å². The third-order valence-corrected chi connectivity index (χ3v) is 5.09. The summed E-state index contributed by atoms with van der Waals surface area (Å²) in [5.41, 5.74) is -1.15. The van der Waals surface area contributed by atoms with Crippen LogP contribution in [0.4, 0.5) is 20.5 Å². The lowest BCUT2D eigenvalue weighted by Gasteiger charge is -2.35. The Hall–Kier alpha value is -2.36. The Bertz CT molecular complexity index is 981. The molecule has 10 heteroatoms. The summed E-state index contributed by atoms with van der Waals surface area (Å²) < 4.78 is 34.1. The molecule has 0 aliphatic carbocycles. The first-order valence-electron chi connectivity index (χ1n) is 8.46. The Morgan fingerprint density at radius 2 is 1.81 bits per heavy atom. The minimum Gasteiger partial charge on any atom is -0.352 e. The van der Waals surface area contributed by atoms with E-state index in [0.29, 0.717) is 53.3 Å². The van der Waals surface area contributed by atoms with Gasteiger partial charge in [-0.15, -0.1) is 0 Å². The maximum absolute atomic E-state index is 14.4. The molecule has 1 aromatic carbocycles. The molecule has 0 saturated carbocycles. The van der Waals surface area contributed by atoms with Gasteiger partial charge in [-0.05, 0) is 47.1 Å². The minimum absolute atomic E-state index is 0.0476. The van der Waals surface area contributed by atoms with Crippen molar-refractivity contribution in [2.75, 3.05) is 36.0 Å². The lowest BCUT2D eigenvalue weighted by atomic mass is 10.2. The molecule has 3 aromatic rings. The van der Waals surface area contributed by atoms with E-state index in [4.69, 9.17) is 4.52 Å². The Morgan fingerprint density at radius 1 is 1.11 bits per heavy atom. The molecule has 0 amide bonds. The van der Waals surface area contributed by atoms with Crippen molar-refractivity contribution in [1.29, 1.82) is 0 Å². The fraction of sp³-hybridized carbons (Fsp3) is 0.412. The fourth-order valence-electron chi connectivity index (χ4n) is 3.03. The molecule has 0 N–H and O–H groups in total. The van der Waals surface area contributed by atoms with Crippen LogP contribution in [0.1, 0.15) is 19.7 Å². The van der Waals surface area contributed by atoms with Gasteiger partial charge in [-0.3, -0.25) is 0 Å². The SMILES string of the molecule is CC(C)(F)c1nc(N2CCN(c3ncnc4c(Br)ccc(F)c34)CC2)no1. The molecule has 3 heterocycles. The second-order valence-electron chi connectivity index (χ2n) is 6.80. The maximum atomic E-state index is 14.4. The molecule has 0 atom stereocenters. The van der Waals surface area contributed by atoms with Crippen molar-refractivity contribution in [1.82, 2.24) is 20.1 Å². The van der Waals surface area contributed by atoms with Crippen LogP contribution in [0.2, 0.25) is 0 Å². The monoisotopic (exact) mass is 438 g/mol. The van der Waals surface area contributed by atoms with E-state index in [1.165, 1.54) is 26.2 Å². The molecule has 1 saturated heterocycles. The molecule has 0 unspecified atom stereocenters. The number of rotatable bonds is 3. The van der Waals surface area contributed by atoms with Gasteiger partial charge in [-0.25, -0.2) is 18.7 Å². The number of piperazine rings is 1. The smallest absolute Gasteiger partial charge is 0.266 e. The van der Waals surface area contributed by atoms with Gasteiger partial charge in [-0.1, -0.05) is 0 Å². The highest BCUT2D eigenvalue weighted by molar-refractivity contribution is 9.10. The van der Waals surface area contributed by atoms with Gasteiger partial charge in [0.2, 0.25) is 0 Å². The Kier molecular flexibility index (Phi) is 4.45. The standard InChI is InChI=1S/C17H17BrF2N6O/c1-17(2,20)15-23-16(24-27-15)26-7-5-25(6-8-26)14-12-11(19)4-3-10(18)13(12)21-9-22-14/h3-4,9H,5-8H2,1-2H3. The Balaban J connectivity index is 1.56. The van der Waals surface area contributed by atoms with E-state index in [1.807, 2.05) is 9.80 Å². The maximum Gasteiger partial charge on any atom is 0.266 e. The van der Waals surface area contributed by atoms with Gasteiger partial charge < -0.3 is 14.3 Å². The number of alkyl halides is 1. The zero-order valence-corrected chi connectivity index (χ0v) is 16.4. The molecular weight excluding hydrogens is 422 g/mol. The zero-order chi connectivity index (χ0) is 19.2. The summed E-state index contributed by atoms with van der Waals surface area (Å²) in [6, 6.07) is 3.03. The van der Waals surface area contributed by atoms with E-state index in [1.54, 1.807) is 6.07 Å². The molecule has 1 fully saturated rings. The second-order valence-corrected chi connectivity index (χ2v) is 7.65. The molecule has 1 aliphatic heterocycles. The first-order valence-corrected chi connectivity index (χ1v) is 9.25. The lowest BCUT2D eigenvalue weighted by molar-refractivity contribution is 0.155. The first kappa shape index (κ1) is 18.0. The quantitative estimate of drug-likeness (QED) is 0.619. The number of hydrogen-bond acceptors (Lipinski definition) is 7. The summed E-state index contributed by atoms with van der Waals surface area (Å²) in [4.78, 5) is 16.5. The van der Waals surface area contributed by atoms with Crippen molar-refractivity contribution in [2.45, 2.75) is 19.5 Å². The number of halogens is 3. The van der Waals surface area contributed by atoms with Crippen molar-refractivity contribution < 1.29 is 13.3 Å². The molecule has 2 aromatic heterocycles. The van der Waals surface area contributed by atoms with E-state index in [-0.39, 0.29) is 11.7 Å². The highest BCUT2D eigenvalue weighted by atomic mass is 79.9. The average molecular weight is 439 g/mol. The summed E-state index contributed by atoms with van der Waals surface area (Å²) >= 11 is 3.41. The number of nitrogens with zero attached hydrogens (tertiary/aromatic N) is 6. The van der Waals surface area contributed by atoms with Crippen molar-refractivity contribution in [3.05, 3.63) is 34.6 Å². The largest absolute Gasteiger partial charge is 0.352 e. The predicted molar refractivity (Wildman–Crippen MR) is 100 cm³/mol. The summed E-state index contributed by atoms with van der Waals surface area (Å²) in [6.07, 6.45) is 1.43. The van der Waals surface area contributed by atoms with Gasteiger partial charge >= 0.3 is 0 Å². The number of aromatic nitrogens is 4. The Labute approximate surface area is 162 Å². The van der Waals surface area contributed by atoms with E-state index in [2.05, 4.69) is 36.0 Å². The van der Waals surface area contributed by atoms with E-state index < -0.39 is 5.67 Å². The molecule has 27 heavy (non-hydrogen) atoms. The first-order chi connectivity index (χ1) is 12.8. The molecule has 142 valence electrons. The van der Waals surface area contributed by atoms with Crippen LogP contribution in [-0.2, 0) is 5.67 Å². The van der Waals surface area contributed by atoms with Crippen LogP contribution >= 0.6 is 15.9 Å². The van der Waals surface area contributed by atoms with E-state index >= 15 is 0 Å². The van der Waals surface area contributed by atoms with Gasteiger partial charge in [-0.2, -0.15) is 4.98 Å². The van der Waals surface area contributed by atoms with Crippen LogP contribution in [0.25, 0.3) is 10.9 Å². The van der Waals surface area contributed by atoms with Crippen LogP contribution in [0, 0.1) is 5.82 Å². The van der Waals surface area contributed by atoms with Gasteiger partial charge in [0.15, 0.2) is 5.67 Å². The van der Waals surface area contributed by atoms with Gasteiger partial charge in [0, 0.05) is 30.7 Å². The second kappa shape index (κ2) is 6.66. The normalized spacial score (nSPS) is 15.6. The number of hydrogen-bond donors (Lipinski definition) is 0. The third kappa shape index (κ3) is 3.33. The summed E-state index contributed by atoms with van der Waals surface area (Å²) in [6.45, 7) is 5.06. The van der Waals surface area contributed by atoms with Crippen LogP contribution in [0.5, 0.6) is 0 Å². The van der Waals surface area contributed by atoms with Crippen LogP contribution in [-0.4, -0.2) is 46.3 Å². The minimum atomic E-state index is -1.68. The lowest BCUT2D eigenvalue weighted by Crippen LogP contribution is -2.47. The van der Waals surface area contributed by atoms with E-state index in [9.17, 15) is 8.78 Å². The average Bonchev–Trinajstić information content (AvgIpc) is 3.15. The molecule has 0 bridgehead atoms. The predicted octanol–water partition coefficient (Wildman–Crippen LogP) is 3.45. The van der Waals surface area contributed by atoms with Crippen LogP contribution in [0.3, 0.4) is 0 Å². The number of fused-ring (bicyclic) bond motifs is 1. The van der Waals surface area contributed by atoms with Gasteiger partial charge in [0.1, 0.15) is 18.0 Å². The highest BCUT2D eigenvalue weighted by Gasteiger charge is 2.29. The molecular formula is C17H17BrF2N6O. The van der Waals surface area contributed by atoms with Gasteiger partial charge in [0.25, 0.3) is 11.8 Å². The summed E-state index contributed by atoms with van der Waals surface area (Å²) in [5.74, 6) is 0.502. The molecule has 4 rings (SSSR count). The Morgan fingerprint density at radius 3 is 2.48 bits per heavy atom.